The van der Waals surface area contributed by atoms with Crippen molar-refractivity contribution in [2.24, 2.45) is 5.92 Å². The SMILES string of the molecule is C#Cc1cc(NCCC(F)(F)F)c2ncc(-c3ccc(C(=O)CC4C[C@H]4F)c(C)c3)n2c1.C#Cc1cc(NCCC(F)(F)F)c2ncc(-c3ccc(C(=O)O)c(C)c3)n2c1. The van der Waals surface area contributed by atoms with E-state index in [1.165, 1.54) is 6.07 Å². The molecular formula is C44H37F7N6O3. The van der Waals surface area contributed by atoms with Crippen LogP contribution in [-0.2, 0) is 0 Å². The van der Waals surface area contributed by atoms with Gasteiger partial charge in [-0.1, -0.05) is 30.0 Å². The van der Waals surface area contributed by atoms with E-state index in [1.807, 2.05) is 13.0 Å². The van der Waals surface area contributed by atoms with Crippen LogP contribution in [0.2, 0.25) is 0 Å². The predicted molar refractivity (Wildman–Crippen MR) is 214 cm³/mol. The zero-order valence-electron chi connectivity index (χ0n) is 32.2. The quantitative estimate of drug-likeness (QED) is 0.0640. The molecule has 0 bridgehead atoms. The molecule has 0 aliphatic heterocycles. The number of aryl methyl sites for hydroxylation is 2. The average Bonchev–Trinajstić information content (AvgIpc) is 3.50. The van der Waals surface area contributed by atoms with E-state index < -0.39 is 37.3 Å². The largest absolute Gasteiger partial charge is 0.478 e. The first-order valence-corrected chi connectivity index (χ1v) is 18.5. The number of aromatic carboxylic acids is 1. The zero-order chi connectivity index (χ0) is 43.5. The van der Waals surface area contributed by atoms with Crippen molar-refractivity contribution in [3.05, 3.63) is 107 Å². The van der Waals surface area contributed by atoms with Gasteiger partial charge in [0.15, 0.2) is 17.1 Å². The number of pyridine rings is 2. The topological polar surface area (TPSA) is 113 Å². The molecule has 0 saturated heterocycles. The number of halogens is 7. The number of anilines is 2. The molecular weight excluding hydrogens is 794 g/mol. The third kappa shape index (κ3) is 10.1. The molecule has 2 aromatic carbocycles. The fourth-order valence-electron chi connectivity index (χ4n) is 6.67. The number of carboxylic acid groups (broad SMARTS) is 1. The Morgan fingerprint density at radius 1 is 0.767 bits per heavy atom. The van der Waals surface area contributed by atoms with Crippen LogP contribution in [0.4, 0.5) is 42.1 Å². The highest BCUT2D eigenvalue weighted by Gasteiger charge is 2.39. The number of imidazole rings is 2. The first kappa shape index (κ1) is 42.8. The maximum absolute atomic E-state index is 13.1. The van der Waals surface area contributed by atoms with E-state index in [0.717, 1.165) is 11.1 Å². The van der Waals surface area contributed by atoms with E-state index >= 15 is 0 Å². The van der Waals surface area contributed by atoms with Gasteiger partial charge in [-0.25, -0.2) is 19.2 Å². The van der Waals surface area contributed by atoms with Crippen molar-refractivity contribution in [2.45, 2.75) is 58.1 Å². The molecule has 1 fully saturated rings. The lowest BCUT2D eigenvalue weighted by Gasteiger charge is -2.12. The second kappa shape index (κ2) is 17.2. The van der Waals surface area contributed by atoms with E-state index in [9.17, 15) is 45.4 Å². The number of hydrogen-bond donors (Lipinski definition) is 3. The molecule has 0 spiro atoms. The van der Waals surface area contributed by atoms with Crippen LogP contribution in [0.3, 0.4) is 0 Å². The number of aromatic nitrogens is 4. The van der Waals surface area contributed by atoms with Crippen LogP contribution in [0.5, 0.6) is 0 Å². The Hall–Kier alpha value is -6.81. The van der Waals surface area contributed by atoms with Crippen molar-refractivity contribution >= 4 is 34.4 Å². The molecule has 4 aromatic heterocycles. The van der Waals surface area contributed by atoms with E-state index in [2.05, 4.69) is 32.4 Å². The molecule has 0 radical (unpaired) electrons. The summed E-state index contributed by atoms with van der Waals surface area (Å²) in [6, 6.07) is 13.4. The van der Waals surface area contributed by atoms with Crippen molar-refractivity contribution in [2.75, 3.05) is 23.7 Å². The smallest absolute Gasteiger partial charge is 0.390 e. The lowest BCUT2D eigenvalue weighted by molar-refractivity contribution is -0.132. The van der Waals surface area contributed by atoms with E-state index in [0.29, 0.717) is 68.3 Å². The number of carbonyl (C=O) groups is 2. The number of alkyl halides is 7. The highest BCUT2D eigenvalue weighted by atomic mass is 19.4. The van der Waals surface area contributed by atoms with Crippen molar-refractivity contribution < 1.29 is 45.4 Å². The number of hydrogen-bond acceptors (Lipinski definition) is 6. The summed E-state index contributed by atoms with van der Waals surface area (Å²) in [5, 5.41) is 14.7. The lowest BCUT2D eigenvalue weighted by atomic mass is 9.98. The Morgan fingerprint density at radius 3 is 1.57 bits per heavy atom. The van der Waals surface area contributed by atoms with Gasteiger partial charge >= 0.3 is 18.3 Å². The molecule has 3 N–H and O–H groups in total. The number of ketones is 1. The molecule has 1 unspecified atom stereocenters. The minimum Gasteiger partial charge on any atom is -0.478 e. The van der Waals surface area contributed by atoms with Gasteiger partial charge in [-0.15, -0.1) is 12.8 Å². The molecule has 7 rings (SSSR count). The summed E-state index contributed by atoms with van der Waals surface area (Å²) in [4.78, 5) is 32.4. The minimum absolute atomic E-state index is 0.0805. The van der Waals surface area contributed by atoms with Gasteiger partial charge < -0.3 is 15.7 Å². The molecule has 60 heavy (non-hydrogen) atoms. The van der Waals surface area contributed by atoms with Gasteiger partial charge in [0.25, 0.3) is 0 Å². The molecule has 16 heteroatoms. The zero-order valence-corrected chi connectivity index (χ0v) is 32.2. The first-order chi connectivity index (χ1) is 28.3. The number of rotatable bonds is 12. The number of benzene rings is 2. The molecule has 0 amide bonds. The molecule has 6 aromatic rings. The summed E-state index contributed by atoms with van der Waals surface area (Å²) in [6.45, 7) is 2.90. The normalized spacial score (nSPS) is 14.8. The monoisotopic (exact) mass is 830 g/mol. The first-order valence-electron chi connectivity index (χ1n) is 18.5. The minimum atomic E-state index is -4.27. The number of nitrogens with one attached hydrogen (secondary N) is 2. The summed E-state index contributed by atoms with van der Waals surface area (Å²) < 4.78 is 91.4. The second-order valence-corrected chi connectivity index (χ2v) is 14.3. The van der Waals surface area contributed by atoms with Crippen LogP contribution in [0.1, 0.15) is 68.7 Å². The molecule has 1 aliphatic rings. The Kier molecular flexibility index (Phi) is 12.3. The van der Waals surface area contributed by atoms with Gasteiger partial charge in [0.2, 0.25) is 0 Å². The van der Waals surface area contributed by atoms with E-state index in [4.69, 9.17) is 12.8 Å². The molecule has 310 valence electrons. The molecule has 2 atom stereocenters. The number of fused-ring (bicyclic) bond motifs is 2. The van der Waals surface area contributed by atoms with Crippen molar-refractivity contribution in [3.8, 4) is 47.2 Å². The van der Waals surface area contributed by atoms with Gasteiger partial charge in [0.1, 0.15) is 6.17 Å². The Morgan fingerprint density at radius 2 is 1.20 bits per heavy atom. The van der Waals surface area contributed by atoms with Crippen LogP contribution in [-0.4, -0.2) is 67.2 Å². The third-order valence-electron chi connectivity index (χ3n) is 9.85. The van der Waals surface area contributed by atoms with Crippen LogP contribution >= 0.6 is 0 Å². The number of terminal acetylenes is 2. The standard InChI is InChI=1S/C24H21F4N3O.C20H16F3N3O2/c1-3-15-9-20(29-7-6-24(26,27)28)23-30-12-21(31(23)13-15)16-4-5-18(14(2)8-16)22(32)11-17-10-19(17)25;1-3-13-9-16(24-7-6-20(21,22)23)18-25-10-17(26(18)11-13)14-4-5-15(19(27)28)12(2)8-14/h1,4-5,8-9,12-13,17,19,29H,6-7,10-11H2,2H3;1,4-5,8-11,24H,6-7H2,2H3,(H,27,28)/t17?,19-;/m1./s1. The fraction of sp³-hybridized carbons (Fsp3) is 0.273. The predicted octanol–water partition coefficient (Wildman–Crippen LogP) is 9.94. The summed E-state index contributed by atoms with van der Waals surface area (Å²) in [5.41, 5.74) is 7.54. The van der Waals surface area contributed by atoms with E-state index in [1.54, 1.807) is 76.9 Å². The van der Waals surface area contributed by atoms with Gasteiger partial charge in [0.05, 0.1) is 53.6 Å². The third-order valence-corrected chi connectivity index (χ3v) is 9.85. The van der Waals surface area contributed by atoms with Gasteiger partial charge in [-0.3, -0.25) is 13.6 Å². The van der Waals surface area contributed by atoms with Crippen LogP contribution in [0.15, 0.2) is 73.3 Å². The summed E-state index contributed by atoms with van der Waals surface area (Å²) in [5.74, 6) is 3.72. The molecule has 1 aliphatic carbocycles. The van der Waals surface area contributed by atoms with Gasteiger partial charge in [-0.05, 0) is 61.7 Å². The Bertz CT molecular complexity index is 2680. The van der Waals surface area contributed by atoms with Crippen LogP contribution in [0, 0.1) is 44.5 Å². The lowest BCUT2D eigenvalue weighted by Crippen LogP contribution is -2.15. The van der Waals surface area contributed by atoms with Crippen molar-refractivity contribution in [3.63, 3.8) is 0 Å². The van der Waals surface area contributed by atoms with E-state index in [-0.39, 0.29) is 36.8 Å². The average molecular weight is 831 g/mol. The summed E-state index contributed by atoms with van der Waals surface area (Å²) in [6.07, 6.45) is 6.83. The summed E-state index contributed by atoms with van der Waals surface area (Å²) in [7, 11) is 0. The van der Waals surface area contributed by atoms with Crippen molar-refractivity contribution in [1.82, 2.24) is 18.8 Å². The van der Waals surface area contributed by atoms with Crippen LogP contribution < -0.4 is 10.6 Å². The molecule has 1 saturated carbocycles. The van der Waals surface area contributed by atoms with Crippen LogP contribution in [0.25, 0.3) is 33.8 Å². The van der Waals surface area contributed by atoms with Crippen molar-refractivity contribution in [1.29, 1.82) is 0 Å². The highest BCUT2D eigenvalue weighted by Crippen LogP contribution is 2.38. The van der Waals surface area contributed by atoms with Gasteiger partial charge in [-0.2, -0.15) is 26.3 Å². The number of nitrogens with zero attached hydrogens (tertiary/aromatic N) is 4. The second-order valence-electron chi connectivity index (χ2n) is 14.3. The Balaban J connectivity index is 0.000000203. The number of carbonyl (C=O) groups excluding carboxylic acids is 1. The molecule has 9 nitrogen and oxygen atoms in total. The highest BCUT2D eigenvalue weighted by molar-refractivity contribution is 5.98. The fourth-order valence-corrected chi connectivity index (χ4v) is 6.67. The Labute approximate surface area is 339 Å². The van der Waals surface area contributed by atoms with Gasteiger partial charge in [0, 0.05) is 65.6 Å². The molecule has 4 heterocycles. The summed E-state index contributed by atoms with van der Waals surface area (Å²) >= 11 is 0. The maximum atomic E-state index is 13.1. The maximum Gasteiger partial charge on any atom is 0.390 e. The number of carboxylic acids is 1. The number of Topliss-reactive ketones (excluding diaryl/α,β-unsaturated/α-hetero) is 1.